The monoisotopic (exact) mass is 274 g/mol. The second-order valence-electron chi connectivity index (χ2n) is 2.99. The molecule has 0 spiro atoms. The quantitative estimate of drug-likeness (QED) is 0.154. The largest absolute Gasteiger partial charge is 0.398 e. The van der Waals surface area contributed by atoms with E-state index in [1.807, 2.05) is 0 Å². The maximum atomic E-state index is 10.2. The molecule has 0 bridgehead atoms. The van der Waals surface area contributed by atoms with Gasteiger partial charge in [-0.05, 0) is 12.5 Å². The summed E-state index contributed by atoms with van der Waals surface area (Å²) in [7, 11) is 0. The van der Waals surface area contributed by atoms with E-state index in [0.717, 1.165) is 5.56 Å². The highest BCUT2D eigenvalue weighted by molar-refractivity contribution is 5.71. The first-order chi connectivity index (χ1) is 8.57. The van der Waals surface area contributed by atoms with Gasteiger partial charge in [-0.1, -0.05) is 6.07 Å². The van der Waals surface area contributed by atoms with Crippen LogP contribution in [0.15, 0.2) is 18.2 Å². The number of guanidine groups is 1. The van der Waals surface area contributed by atoms with Crippen molar-refractivity contribution in [1.29, 1.82) is 5.41 Å². The van der Waals surface area contributed by atoms with E-state index in [1.165, 1.54) is 12.1 Å². The van der Waals surface area contributed by atoms with E-state index in [9.17, 15) is 10.1 Å². The number of benzene rings is 1. The number of aryl methyl sites for hydroxylation is 1. The van der Waals surface area contributed by atoms with Crippen molar-refractivity contribution in [2.24, 2.45) is 11.5 Å². The zero-order valence-corrected chi connectivity index (χ0v) is 9.94. The lowest BCUT2D eigenvalue weighted by Gasteiger charge is -1.97. The Morgan fingerprint density at radius 3 is 1.95 bits per heavy atom. The van der Waals surface area contributed by atoms with E-state index >= 15 is 0 Å². The first kappa shape index (κ1) is 18.3. The van der Waals surface area contributed by atoms with Gasteiger partial charge in [0.25, 0.3) is 10.8 Å². The molecule has 1 aromatic rings. The van der Waals surface area contributed by atoms with Gasteiger partial charge in [-0.3, -0.25) is 15.5 Å². The molecule has 11 heteroatoms. The molecule has 0 aromatic heterocycles. The Morgan fingerprint density at radius 2 is 1.68 bits per heavy atom. The lowest BCUT2D eigenvalue weighted by atomic mass is 10.2. The Labute approximate surface area is 107 Å². The summed E-state index contributed by atoms with van der Waals surface area (Å²) < 4.78 is 0. The molecule has 8 N–H and O–H groups in total. The standard InChI is InChI=1S/C7H8N2O2.CH5N3.HNO3/c1-5-2-3-6(9(10)11)4-7(5)8;2*2-1(3)4/h2-4H,8H2,1H3;(H5,2,3,4);(H,2,3,4). The highest BCUT2D eigenvalue weighted by Crippen LogP contribution is 2.18. The van der Waals surface area contributed by atoms with E-state index in [0.29, 0.717) is 5.69 Å². The second kappa shape index (κ2) is 8.98. The number of anilines is 1. The Kier molecular flexibility index (Phi) is 8.63. The molecule has 1 rings (SSSR count). The van der Waals surface area contributed by atoms with Crippen molar-refractivity contribution < 1.29 is 15.2 Å². The summed E-state index contributed by atoms with van der Waals surface area (Å²) >= 11 is 0. The van der Waals surface area contributed by atoms with E-state index in [-0.39, 0.29) is 11.6 Å². The molecular weight excluding hydrogens is 260 g/mol. The fourth-order valence-electron chi connectivity index (χ4n) is 0.741. The number of nitrogens with zero attached hydrogens (tertiary/aromatic N) is 2. The van der Waals surface area contributed by atoms with Crippen LogP contribution in [0.3, 0.4) is 0 Å². The van der Waals surface area contributed by atoms with Gasteiger partial charge in [-0.2, -0.15) is 0 Å². The third-order valence-corrected chi connectivity index (χ3v) is 1.47. The molecule has 0 saturated heterocycles. The number of hydrogen-bond acceptors (Lipinski definition) is 6. The number of rotatable bonds is 1. The van der Waals surface area contributed by atoms with Crippen molar-refractivity contribution in [3.8, 4) is 0 Å². The van der Waals surface area contributed by atoms with Crippen LogP contribution >= 0.6 is 0 Å². The molecule has 0 aliphatic rings. The summed E-state index contributed by atoms with van der Waals surface area (Å²) in [6.07, 6.45) is 0. The van der Waals surface area contributed by atoms with Crippen molar-refractivity contribution in [2.75, 3.05) is 5.73 Å². The van der Waals surface area contributed by atoms with Gasteiger partial charge in [-0.15, -0.1) is 10.1 Å². The fraction of sp³-hybridized carbons (Fsp3) is 0.125. The SMILES string of the molecule is Cc1ccc([N+](=O)[O-])cc1N.N=C(N)N.O=[N+]([O-])O. The molecule has 0 heterocycles. The summed E-state index contributed by atoms with van der Waals surface area (Å²) in [5.41, 5.74) is 15.7. The molecule has 11 nitrogen and oxygen atoms in total. The first-order valence-corrected chi connectivity index (χ1v) is 4.51. The van der Waals surface area contributed by atoms with Gasteiger partial charge >= 0.3 is 0 Å². The average molecular weight is 274 g/mol. The van der Waals surface area contributed by atoms with E-state index < -0.39 is 10.0 Å². The van der Waals surface area contributed by atoms with Crippen LogP contribution in [0, 0.1) is 32.6 Å². The molecule has 0 aliphatic carbocycles. The van der Waals surface area contributed by atoms with Crippen molar-refractivity contribution in [3.63, 3.8) is 0 Å². The Bertz CT molecular complexity index is 443. The highest BCUT2D eigenvalue weighted by atomic mass is 16.9. The molecule has 0 unspecified atom stereocenters. The summed E-state index contributed by atoms with van der Waals surface area (Å²) in [6, 6.07) is 4.43. The predicted octanol–water partition coefficient (Wildman–Crippen LogP) is -0.0237. The maximum absolute atomic E-state index is 10.2. The highest BCUT2D eigenvalue weighted by Gasteiger charge is 2.05. The third-order valence-electron chi connectivity index (χ3n) is 1.47. The first-order valence-electron chi connectivity index (χ1n) is 4.51. The fourth-order valence-corrected chi connectivity index (χ4v) is 0.741. The molecule has 0 amide bonds. The Hall–Kier alpha value is -3.11. The van der Waals surface area contributed by atoms with E-state index in [1.54, 1.807) is 13.0 Å². The number of nitrogens with one attached hydrogen (secondary N) is 1. The Morgan fingerprint density at radius 1 is 1.32 bits per heavy atom. The number of nitro groups is 1. The van der Waals surface area contributed by atoms with Crippen LogP contribution in [0.2, 0.25) is 0 Å². The molecule has 1 aromatic carbocycles. The molecule has 0 fully saturated rings. The minimum absolute atomic E-state index is 0.0353. The number of non-ortho nitro benzene ring substituents is 1. The van der Waals surface area contributed by atoms with Crippen LogP contribution in [0.25, 0.3) is 0 Å². The third kappa shape index (κ3) is 12.8. The van der Waals surface area contributed by atoms with Gasteiger partial charge in [0.1, 0.15) is 0 Å². The topological polar surface area (TPSA) is 208 Å². The molecule has 0 atom stereocenters. The van der Waals surface area contributed by atoms with Crippen LogP contribution in [0.1, 0.15) is 5.56 Å². The lowest BCUT2D eigenvalue weighted by Crippen LogP contribution is -2.20. The smallest absolute Gasteiger partial charge is 0.291 e. The zero-order chi connectivity index (χ0) is 15.6. The molecule has 106 valence electrons. The summed E-state index contributed by atoms with van der Waals surface area (Å²) in [5, 5.41) is 29.9. The van der Waals surface area contributed by atoms with Gasteiger partial charge in [-0.25, -0.2) is 0 Å². The summed E-state index contributed by atoms with van der Waals surface area (Å²) in [4.78, 5) is 18.1. The van der Waals surface area contributed by atoms with Gasteiger partial charge in [0.05, 0.1) is 4.92 Å². The van der Waals surface area contributed by atoms with Gasteiger partial charge in [0.2, 0.25) is 0 Å². The minimum atomic E-state index is -1.50. The van der Waals surface area contributed by atoms with Crippen LogP contribution in [-0.4, -0.2) is 21.2 Å². The van der Waals surface area contributed by atoms with Gasteiger partial charge in [0, 0.05) is 17.8 Å². The van der Waals surface area contributed by atoms with Gasteiger partial charge < -0.3 is 22.4 Å². The minimum Gasteiger partial charge on any atom is -0.398 e. The molecular formula is C8H14N6O5. The van der Waals surface area contributed by atoms with Crippen LogP contribution in [0.5, 0.6) is 0 Å². The molecule has 0 radical (unpaired) electrons. The predicted molar refractivity (Wildman–Crippen MR) is 67.1 cm³/mol. The zero-order valence-electron chi connectivity index (χ0n) is 9.94. The van der Waals surface area contributed by atoms with Gasteiger partial charge in [0.15, 0.2) is 5.96 Å². The van der Waals surface area contributed by atoms with Crippen LogP contribution in [-0.2, 0) is 0 Å². The number of nitro benzene ring substituents is 1. The summed E-state index contributed by atoms with van der Waals surface area (Å²) in [6.45, 7) is 1.80. The van der Waals surface area contributed by atoms with Crippen molar-refractivity contribution in [1.82, 2.24) is 0 Å². The lowest BCUT2D eigenvalue weighted by molar-refractivity contribution is -0.742. The van der Waals surface area contributed by atoms with Crippen LogP contribution in [0.4, 0.5) is 11.4 Å². The normalized spacial score (nSPS) is 8.05. The molecule has 0 aliphatic heterocycles. The Balaban J connectivity index is 0. The van der Waals surface area contributed by atoms with E-state index in [4.69, 9.17) is 26.5 Å². The average Bonchev–Trinajstić information content (AvgIpc) is 2.20. The number of hydrogen-bond donors (Lipinski definition) is 5. The number of nitrogens with two attached hydrogens (primary N) is 3. The van der Waals surface area contributed by atoms with Crippen molar-refractivity contribution in [2.45, 2.75) is 6.92 Å². The van der Waals surface area contributed by atoms with Crippen molar-refractivity contribution >= 4 is 17.3 Å². The maximum Gasteiger partial charge on any atom is 0.291 e. The molecule has 19 heavy (non-hydrogen) atoms. The van der Waals surface area contributed by atoms with E-state index in [2.05, 4.69) is 11.5 Å². The molecule has 0 saturated carbocycles. The number of nitrogen functional groups attached to an aromatic ring is 1. The second-order valence-corrected chi connectivity index (χ2v) is 2.99. The van der Waals surface area contributed by atoms with Crippen LogP contribution < -0.4 is 17.2 Å². The summed E-state index contributed by atoms with van der Waals surface area (Å²) in [5.74, 6) is -0.333. The van der Waals surface area contributed by atoms with Crippen molar-refractivity contribution in [3.05, 3.63) is 44.0 Å².